The number of aryl methyl sites for hydroxylation is 1. The van der Waals surface area contributed by atoms with Crippen LogP contribution in [0.4, 0.5) is 0 Å². The third-order valence-corrected chi connectivity index (χ3v) is 5.59. The van der Waals surface area contributed by atoms with E-state index >= 15 is 0 Å². The fourth-order valence-corrected chi connectivity index (χ4v) is 3.62. The summed E-state index contributed by atoms with van der Waals surface area (Å²) in [7, 11) is 0. The minimum Gasteiger partial charge on any atom is -0.507 e. The number of phenols is 1. The zero-order valence-electron chi connectivity index (χ0n) is 17.2. The molecule has 0 bridgehead atoms. The van der Waals surface area contributed by atoms with Crippen molar-refractivity contribution < 1.29 is 9.90 Å². The van der Waals surface area contributed by atoms with E-state index < -0.39 is 5.91 Å². The van der Waals surface area contributed by atoms with Crippen LogP contribution in [-0.4, -0.2) is 21.8 Å². The Kier molecular flexibility index (Phi) is 5.93. The number of nitriles is 1. The van der Waals surface area contributed by atoms with Crippen LogP contribution in [0, 0.1) is 18.3 Å². The average Bonchev–Trinajstić information content (AvgIpc) is 3.20. The molecule has 1 amide bonds. The summed E-state index contributed by atoms with van der Waals surface area (Å²) in [5, 5.41) is 24.4. The van der Waals surface area contributed by atoms with Crippen LogP contribution in [0.3, 0.4) is 0 Å². The van der Waals surface area contributed by atoms with E-state index in [0.29, 0.717) is 6.54 Å². The molecule has 0 fully saturated rings. The van der Waals surface area contributed by atoms with E-state index in [-0.39, 0.29) is 16.9 Å². The number of carbonyl (C=O) groups is 1. The molecule has 0 aliphatic carbocycles. The first-order valence-electron chi connectivity index (χ1n) is 9.85. The molecule has 2 N–H and O–H groups in total. The Morgan fingerprint density at radius 2 is 2.06 bits per heavy atom. The molecular formula is C25H19ClN4O2. The van der Waals surface area contributed by atoms with Crippen molar-refractivity contribution in [2.45, 2.75) is 13.5 Å². The maximum atomic E-state index is 12.3. The summed E-state index contributed by atoms with van der Waals surface area (Å²) in [6.07, 6.45) is 3.59. The van der Waals surface area contributed by atoms with E-state index in [4.69, 9.17) is 16.9 Å². The fourth-order valence-electron chi connectivity index (χ4n) is 3.42. The first-order chi connectivity index (χ1) is 15.5. The van der Waals surface area contributed by atoms with Crippen molar-refractivity contribution in [3.63, 3.8) is 0 Å². The van der Waals surface area contributed by atoms with Gasteiger partial charge in [-0.15, -0.1) is 0 Å². The lowest BCUT2D eigenvalue weighted by Gasteiger charge is -2.08. The molecule has 0 aliphatic rings. The first kappa shape index (κ1) is 21.2. The number of nitrogens with zero attached hydrogens (tertiary/aromatic N) is 3. The van der Waals surface area contributed by atoms with Gasteiger partial charge >= 0.3 is 0 Å². The number of benzene rings is 3. The van der Waals surface area contributed by atoms with Gasteiger partial charge in [0.25, 0.3) is 5.91 Å². The summed E-state index contributed by atoms with van der Waals surface area (Å²) in [6, 6.07) is 19.8. The number of hydrazone groups is 1. The Labute approximate surface area is 190 Å². The zero-order valence-corrected chi connectivity index (χ0v) is 18.0. The smallest absolute Gasteiger partial charge is 0.271 e. The van der Waals surface area contributed by atoms with Crippen LogP contribution in [0.5, 0.6) is 5.75 Å². The van der Waals surface area contributed by atoms with Crippen LogP contribution >= 0.6 is 11.6 Å². The molecule has 0 atom stereocenters. The molecule has 4 rings (SSSR count). The van der Waals surface area contributed by atoms with Crippen LogP contribution in [0.15, 0.2) is 72.0 Å². The molecule has 32 heavy (non-hydrogen) atoms. The summed E-state index contributed by atoms with van der Waals surface area (Å²) in [4.78, 5) is 12.3. The van der Waals surface area contributed by atoms with E-state index in [0.717, 1.165) is 32.6 Å². The predicted octanol–water partition coefficient (Wildman–Crippen LogP) is 4.99. The largest absolute Gasteiger partial charge is 0.507 e. The van der Waals surface area contributed by atoms with Gasteiger partial charge < -0.3 is 9.67 Å². The second kappa shape index (κ2) is 8.96. The van der Waals surface area contributed by atoms with Crippen LogP contribution < -0.4 is 5.43 Å². The standard InChI is InChI=1S/C25H19ClN4O2/c1-16-5-6-17(11-22(16)26)15-30-10-9-21-19(3-2-4-23(21)30)14-28-29-25(32)18-7-8-24(31)20(12-18)13-27/h2-12,14,31H,15H2,1H3,(H,29,32). The molecular weight excluding hydrogens is 424 g/mol. The lowest BCUT2D eigenvalue weighted by molar-refractivity contribution is 0.0955. The van der Waals surface area contributed by atoms with E-state index in [1.807, 2.05) is 55.6 Å². The van der Waals surface area contributed by atoms with Crippen molar-refractivity contribution >= 4 is 34.6 Å². The second-order valence-corrected chi connectivity index (χ2v) is 7.76. The van der Waals surface area contributed by atoms with Crippen molar-refractivity contribution in [1.82, 2.24) is 9.99 Å². The van der Waals surface area contributed by atoms with Crippen LogP contribution in [0.25, 0.3) is 10.9 Å². The van der Waals surface area contributed by atoms with Crippen molar-refractivity contribution in [3.8, 4) is 11.8 Å². The summed E-state index contributed by atoms with van der Waals surface area (Å²) in [5.74, 6) is -0.643. The molecule has 4 aromatic rings. The van der Waals surface area contributed by atoms with E-state index in [9.17, 15) is 9.90 Å². The van der Waals surface area contributed by atoms with E-state index in [1.165, 1.54) is 18.2 Å². The molecule has 158 valence electrons. The molecule has 1 heterocycles. The summed E-state index contributed by atoms with van der Waals surface area (Å²) < 4.78 is 2.13. The quantitative estimate of drug-likeness (QED) is 0.337. The van der Waals surface area contributed by atoms with Crippen molar-refractivity contribution in [2.75, 3.05) is 0 Å². The van der Waals surface area contributed by atoms with Gasteiger partial charge in [-0.2, -0.15) is 10.4 Å². The second-order valence-electron chi connectivity index (χ2n) is 7.35. The van der Waals surface area contributed by atoms with Gasteiger partial charge in [-0.1, -0.05) is 35.9 Å². The SMILES string of the molecule is Cc1ccc(Cn2ccc3c(C=NNC(=O)c4ccc(O)c(C#N)c4)cccc32)cc1Cl. The van der Waals surface area contributed by atoms with Crippen molar-refractivity contribution in [3.05, 3.63) is 99.7 Å². The van der Waals surface area contributed by atoms with Gasteiger partial charge in [0.1, 0.15) is 11.8 Å². The predicted molar refractivity (Wildman–Crippen MR) is 125 cm³/mol. The topological polar surface area (TPSA) is 90.4 Å². The number of rotatable bonds is 5. The minimum absolute atomic E-state index is 0.0302. The Morgan fingerprint density at radius 3 is 2.84 bits per heavy atom. The summed E-state index contributed by atoms with van der Waals surface area (Å²) in [6.45, 7) is 2.66. The molecule has 0 radical (unpaired) electrons. The fraction of sp³-hybridized carbons (Fsp3) is 0.0800. The van der Waals surface area contributed by atoms with Crippen LogP contribution in [0.1, 0.15) is 32.6 Å². The highest BCUT2D eigenvalue weighted by Crippen LogP contribution is 2.22. The lowest BCUT2D eigenvalue weighted by Crippen LogP contribution is -2.17. The molecule has 7 heteroatoms. The maximum Gasteiger partial charge on any atom is 0.271 e. The highest BCUT2D eigenvalue weighted by atomic mass is 35.5. The molecule has 3 aromatic carbocycles. The average molecular weight is 443 g/mol. The van der Waals surface area contributed by atoms with Gasteiger partial charge in [0.2, 0.25) is 0 Å². The van der Waals surface area contributed by atoms with Gasteiger partial charge in [-0.25, -0.2) is 5.43 Å². The van der Waals surface area contributed by atoms with E-state index in [1.54, 1.807) is 6.21 Å². The summed E-state index contributed by atoms with van der Waals surface area (Å²) >= 11 is 6.26. The third-order valence-electron chi connectivity index (χ3n) is 5.19. The number of halogens is 1. The Bertz CT molecular complexity index is 1400. The molecule has 6 nitrogen and oxygen atoms in total. The van der Waals surface area contributed by atoms with Crippen LogP contribution in [-0.2, 0) is 6.54 Å². The van der Waals surface area contributed by atoms with Gasteiger partial charge in [-0.05, 0) is 54.4 Å². The molecule has 0 spiro atoms. The number of carbonyl (C=O) groups excluding carboxylic acids is 1. The Morgan fingerprint density at radius 1 is 1.22 bits per heavy atom. The van der Waals surface area contributed by atoms with Gasteiger partial charge in [-0.3, -0.25) is 4.79 Å². The number of nitrogens with one attached hydrogen (secondary N) is 1. The molecule has 0 saturated carbocycles. The first-order valence-corrected chi connectivity index (χ1v) is 10.2. The van der Waals surface area contributed by atoms with Crippen molar-refractivity contribution in [1.29, 1.82) is 5.26 Å². The Hall–Kier alpha value is -4.08. The number of aromatic hydroxyl groups is 1. The van der Waals surface area contributed by atoms with Gasteiger partial charge in [0.05, 0.1) is 11.8 Å². The normalized spacial score (nSPS) is 11.0. The number of aromatic nitrogens is 1. The zero-order chi connectivity index (χ0) is 22.7. The number of fused-ring (bicyclic) bond motifs is 1. The molecule has 1 aromatic heterocycles. The molecule has 0 unspecified atom stereocenters. The monoisotopic (exact) mass is 442 g/mol. The Balaban J connectivity index is 1.52. The molecule has 0 saturated heterocycles. The minimum atomic E-state index is -0.473. The van der Waals surface area contributed by atoms with Crippen molar-refractivity contribution in [2.24, 2.45) is 5.10 Å². The highest BCUT2D eigenvalue weighted by molar-refractivity contribution is 6.31. The maximum absolute atomic E-state index is 12.3. The number of phenolic OH excluding ortho intramolecular Hbond substituents is 1. The van der Waals surface area contributed by atoms with Gasteiger partial charge in [0, 0.05) is 39.8 Å². The lowest BCUT2D eigenvalue weighted by atomic mass is 10.1. The van der Waals surface area contributed by atoms with Crippen LogP contribution in [0.2, 0.25) is 5.02 Å². The third kappa shape index (κ3) is 4.34. The number of amides is 1. The summed E-state index contributed by atoms with van der Waals surface area (Å²) in [5.41, 5.74) is 6.77. The number of hydrogen-bond acceptors (Lipinski definition) is 4. The molecule has 0 aliphatic heterocycles. The highest BCUT2D eigenvalue weighted by Gasteiger charge is 2.09. The number of hydrogen-bond donors (Lipinski definition) is 2. The van der Waals surface area contributed by atoms with E-state index in [2.05, 4.69) is 21.2 Å². The van der Waals surface area contributed by atoms with Gasteiger partial charge in [0.15, 0.2) is 0 Å².